The van der Waals surface area contributed by atoms with Crippen molar-refractivity contribution in [2.24, 2.45) is 0 Å². The van der Waals surface area contributed by atoms with Crippen LogP contribution in [0, 0.1) is 0 Å². The fourth-order valence-corrected chi connectivity index (χ4v) is 3.25. The highest BCUT2D eigenvalue weighted by Crippen LogP contribution is 2.23. The SMILES string of the molecule is Cl.O=C(O)COc1ccc(-c2ccc(CCNC[C@H](O)c3cccc(Cl)c3)cc2)cc1. The molecule has 0 aliphatic carbocycles. The third-order valence-corrected chi connectivity index (χ3v) is 4.90. The van der Waals surface area contributed by atoms with Crippen molar-refractivity contribution in [3.8, 4) is 16.9 Å². The average Bonchev–Trinajstić information content (AvgIpc) is 2.76. The Morgan fingerprint density at radius 2 is 1.65 bits per heavy atom. The van der Waals surface area contributed by atoms with Crippen molar-refractivity contribution >= 4 is 30.0 Å². The number of halogens is 2. The molecule has 3 rings (SSSR count). The largest absolute Gasteiger partial charge is 0.482 e. The number of carbonyl (C=O) groups is 1. The van der Waals surface area contributed by atoms with E-state index in [9.17, 15) is 9.90 Å². The minimum atomic E-state index is -0.997. The third kappa shape index (κ3) is 7.89. The molecule has 1 atom stereocenters. The molecule has 0 radical (unpaired) electrons. The van der Waals surface area contributed by atoms with Gasteiger partial charge in [-0.1, -0.05) is 60.1 Å². The molecule has 3 N–H and O–H groups in total. The normalized spacial score (nSPS) is 11.4. The van der Waals surface area contributed by atoms with E-state index in [0.29, 0.717) is 17.3 Å². The van der Waals surface area contributed by atoms with Gasteiger partial charge in [-0.15, -0.1) is 12.4 Å². The Morgan fingerprint density at radius 3 is 2.26 bits per heavy atom. The molecule has 0 bridgehead atoms. The maximum atomic E-state index is 10.6. The lowest BCUT2D eigenvalue weighted by atomic mass is 10.0. The molecule has 7 heteroatoms. The number of carboxylic acids is 1. The number of hydrogen-bond donors (Lipinski definition) is 3. The fourth-order valence-electron chi connectivity index (χ4n) is 3.06. The summed E-state index contributed by atoms with van der Waals surface area (Å²) in [6.07, 6.45) is 0.262. The molecule has 0 saturated carbocycles. The molecule has 0 amide bonds. The highest BCUT2D eigenvalue weighted by atomic mass is 35.5. The van der Waals surface area contributed by atoms with Crippen LogP contribution in [0.1, 0.15) is 17.2 Å². The van der Waals surface area contributed by atoms with E-state index in [1.54, 1.807) is 24.3 Å². The van der Waals surface area contributed by atoms with Gasteiger partial charge in [0, 0.05) is 11.6 Å². The smallest absolute Gasteiger partial charge is 0.341 e. The van der Waals surface area contributed by atoms with Gasteiger partial charge in [0.2, 0.25) is 0 Å². The van der Waals surface area contributed by atoms with Crippen LogP contribution in [-0.2, 0) is 11.2 Å². The molecule has 0 aromatic heterocycles. The molecule has 3 aromatic rings. The van der Waals surface area contributed by atoms with Gasteiger partial charge in [0.15, 0.2) is 6.61 Å². The summed E-state index contributed by atoms with van der Waals surface area (Å²) >= 11 is 5.96. The van der Waals surface area contributed by atoms with Gasteiger partial charge in [-0.25, -0.2) is 4.79 Å². The van der Waals surface area contributed by atoms with E-state index in [0.717, 1.165) is 29.7 Å². The third-order valence-electron chi connectivity index (χ3n) is 4.67. The Morgan fingerprint density at radius 1 is 1.00 bits per heavy atom. The van der Waals surface area contributed by atoms with Gasteiger partial charge in [-0.2, -0.15) is 0 Å². The predicted octanol–water partition coefficient (Wildman–Crippen LogP) is 4.76. The van der Waals surface area contributed by atoms with E-state index in [4.69, 9.17) is 21.4 Å². The minimum absolute atomic E-state index is 0. The van der Waals surface area contributed by atoms with Crippen LogP contribution in [0.3, 0.4) is 0 Å². The number of rotatable bonds is 10. The molecule has 31 heavy (non-hydrogen) atoms. The molecular weight excluding hydrogens is 437 g/mol. The van der Waals surface area contributed by atoms with Crippen LogP contribution in [0.2, 0.25) is 5.02 Å². The zero-order valence-electron chi connectivity index (χ0n) is 16.8. The highest BCUT2D eigenvalue weighted by molar-refractivity contribution is 6.30. The molecule has 3 aromatic carbocycles. The van der Waals surface area contributed by atoms with Crippen molar-refractivity contribution < 1.29 is 19.7 Å². The number of aliphatic carboxylic acids is 1. The molecule has 5 nitrogen and oxygen atoms in total. The minimum Gasteiger partial charge on any atom is -0.482 e. The zero-order valence-corrected chi connectivity index (χ0v) is 18.4. The summed E-state index contributed by atoms with van der Waals surface area (Å²) in [5.74, 6) is -0.466. The van der Waals surface area contributed by atoms with Crippen molar-refractivity contribution in [1.82, 2.24) is 5.32 Å². The quantitative estimate of drug-likeness (QED) is 0.379. The first-order chi connectivity index (χ1) is 14.5. The van der Waals surface area contributed by atoms with Crippen LogP contribution < -0.4 is 10.1 Å². The number of carboxylic acid groups (broad SMARTS) is 1. The summed E-state index contributed by atoms with van der Waals surface area (Å²) in [6, 6.07) is 22.9. The molecular formula is C24H25Cl2NO4. The van der Waals surface area contributed by atoms with Crippen molar-refractivity contribution in [3.05, 3.63) is 88.9 Å². The Kier molecular flexibility index (Phi) is 9.82. The van der Waals surface area contributed by atoms with Gasteiger partial charge < -0.3 is 20.3 Å². The molecule has 0 fully saturated rings. The van der Waals surface area contributed by atoms with E-state index in [-0.39, 0.29) is 19.0 Å². The predicted molar refractivity (Wildman–Crippen MR) is 125 cm³/mol. The first kappa shape index (κ1) is 24.7. The second kappa shape index (κ2) is 12.3. The van der Waals surface area contributed by atoms with Gasteiger partial charge in [-0.05, 0) is 59.5 Å². The maximum Gasteiger partial charge on any atom is 0.341 e. The van der Waals surface area contributed by atoms with Gasteiger partial charge in [0.05, 0.1) is 6.10 Å². The lowest BCUT2D eigenvalue weighted by Gasteiger charge is -2.12. The summed E-state index contributed by atoms with van der Waals surface area (Å²) in [6.45, 7) is 0.875. The van der Waals surface area contributed by atoms with Crippen LogP contribution >= 0.6 is 24.0 Å². The van der Waals surface area contributed by atoms with Crippen molar-refractivity contribution in [3.63, 3.8) is 0 Å². The second-order valence-electron chi connectivity index (χ2n) is 6.93. The molecule has 0 aliphatic heterocycles. The molecule has 0 aliphatic rings. The topological polar surface area (TPSA) is 78.8 Å². The summed E-state index contributed by atoms with van der Waals surface area (Å²) < 4.78 is 5.15. The summed E-state index contributed by atoms with van der Waals surface area (Å²) in [5, 5.41) is 22.8. The number of benzene rings is 3. The van der Waals surface area contributed by atoms with Gasteiger partial charge in [-0.3, -0.25) is 0 Å². The highest BCUT2D eigenvalue weighted by Gasteiger charge is 2.07. The fraction of sp³-hybridized carbons (Fsp3) is 0.208. The van der Waals surface area contributed by atoms with Crippen molar-refractivity contribution in [2.75, 3.05) is 19.7 Å². The first-order valence-corrected chi connectivity index (χ1v) is 10.1. The summed E-state index contributed by atoms with van der Waals surface area (Å²) in [7, 11) is 0. The van der Waals surface area contributed by atoms with Gasteiger partial charge in [0.1, 0.15) is 5.75 Å². The molecule has 0 heterocycles. The average molecular weight is 462 g/mol. The number of ether oxygens (including phenoxy) is 1. The first-order valence-electron chi connectivity index (χ1n) is 9.69. The Bertz CT molecular complexity index is 962. The second-order valence-corrected chi connectivity index (χ2v) is 7.37. The van der Waals surface area contributed by atoms with Crippen LogP contribution in [0.15, 0.2) is 72.8 Å². The van der Waals surface area contributed by atoms with Crippen LogP contribution in [0.25, 0.3) is 11.1 Å². The number of aliphatic hydroxyl groups is 1. The number of aliphatic hydroxyl groups excluding tert-OH is 1. The van der Waals surface area contributed by atoms with Crippen LogP contribution in [0.5, 0.6) is 5.75 Å². The van der Waals surface area contributed by atoms with E-state index >= 15 is 0 Å². The van der Waals surface area contributed by atoms with Gasteiger partial charge >= 0.3 is 5.97 Å². The van der Waals surface area contributed by atoms with Crippen LogP contribution in [-0.4, -0.2) is 35.9 Å². The van der Waals surface area contributed by atoms with E-state index in [1.165, 1.54) is 5.56 Å². The van der Waals surface area contributed by atoms with Crippen molar-refractivity contribution in [1.29, 1.82) is 0 Å². The molecule has 0 spiro atoms. The Labute approximate surface area is 193 Å². The standard InChI is InChI=1S/C24H24ClNO4.ClH/c25-21-3-1-2-20(14-21)23(27)15-26-13-12-17-4-6-18(7-5-17)19-8-10-22(11-9-19)30-16-24(28)29;/h1-11,14,23,26-27H,12-13,15-16H2,(H,28,29);1H/t23-;/m0./s1. The molecule has 0 saturated heterocycles. The summed E-state index contributed by atoms with van der Waals surface area (Å²) in [5.41, 5.74) is 4.11. The maximum absolute atomic E-state index is 10.6. The van der Waals surface area contributed by atoms with Gasteiger partial charge in [0.25, 0.3) is 0 Å². The van der Waals surface area contributed by atoms with Crippen molar-refractivity contribution in [2.45, 2.75) is 12.5 Å². The number of nitrogens with one attached hydrogen (secondary N) is 1. The molecule has 0 unspecified atom stereocenters. The Hall–Kier alpha value is -2.57. The lowest BCUT2D eigenvalue weighted by molar-refractivity contribution is -0.139. The van der Waals surface area contributed by atoms with E-state index < -0.39 is 12.1 Å². The number of hydrogen-bond acceptors (Lipinski definition) is 4. The molecule has 164 valence electrons. The van der Waals surface area contributed by atoms with E-state index in [2.05, 4.69) is 29.6 Å². The Balaban J connectivity index is 0.00000341. The monoisotopic (exact) mass is 461 g/mol. The zero-order chi connectivity index (χ0) is 21.3. The van der Waals surface area contributed by atoms with Crippen LogP contribution in [0.4, 0.5) is 0 Å². The van der Waals surface area contributed by atoms with E-state index in [1.807, 2.05) is 24.3 Å². The summed E-state index contributed by atoms with van der Waals surface area (Å²) in [4.78, 5) is 10.6. The lowest BCUT2D eigenvalue weighted by Crippen LogP contribution is -2.23.